The van der Waals surface area contributed by atoms with Crippen molar-refractivity contribution in [2.45, 2.75) is 39.5 Å². The lowest BCUT2D eigenvalue weighted by molar-refractivity contribution is -0.137. The van der Waals surface area contributed by atoms with E-state index >= 15 is 0 Å². The number of carbonyl (C=O) groups is 2. The van der Waals surface area contributed by atoms with Crippen LogP contribution < -0.4 is 4.90 Å². The average molecular weight is 418 g/mol. The van der Waals surface area contributed by atoms with E-state index in [2.05, 4.69) is 35.8 Å². The van der Waals surface area contributed by atoms with Gasteiger partial charge in [0.25, 0.3) is 5.91 Å². The van der Waals surface area contributed by atoms with Gasteiger partial charge in [-0.15, -0.1) is 0 Å². The molecule has 160 valence electrons. The molecule has 2 aromatic carbocycles. The highest BCUT2D eigenvalue weighted by Gasteiger charge is 2.54. The number of benzene rings is 2. The smallest absolute Gasteiger partial charge is 0.325 e. The molecule has 0 aliphatic carbocycles. The molecule has 3 heterocycles. The van der Waals surface area contributed by atoms with Crippen LogP contribution in [0.5, 0.6) is 0 Å². The van der Waals surface area contributed by atoms with Crippen molar-refractivity contribution in [3.63, 3.8) is 0 Å². The minimum Gasteiger partial charge on any atom is -0.325 e. The molecule has 0 saturated carbocycles. The summed E-state index contributed by atoms with van der Waals surface area (Å²) in [5, 5.41) is 0. The minimum absolute atomic E-state index is 0.170. The van der Waals surface area contributed by atoms with Gasteiger partial charge < -0.3 is 14.7 Å². The summed E-state index contributed by atoms with van der Waals surface area (Å²) in [5.41, 5.74) is 5.60. The van der Waals surface area contributed by atoms with Crippen molar-refractivity contribution in [3.05, 3.63) is 64.7 Å². The van der Waals surface area contributed by atoms with Crippen LogP contribution in [-0.4, -0.2) is 64.9 Å². The Bertz CT molecular complexity index is 1110. The number of aliphatic imine (C=N–C) groups is 1. The maximum absolute atomic E-state index is 13.5. The third kappa shape index (κ3) is 2.99. The summed E-state index contributed by atoms with van der Waals surface area (Å²) in [4.78, 5) is 38.7. The molecule has 0 bridgehead atoms. The van der Waals surface area contributed by atoms with E-state index in [1.807, 2.05) is 37.3 Å². The van der Waals surface area contributed by atoms with Crippen LogP contribution >= 0.6 is 0 Å². The summed E-state index contributed by atoms with van der Waals surface area (Å²) in [7, 11) is 1.74. The van der Waals surface area contributed by atoms with Crippen molar-refractivity contribution in [1.29, 1.82) is 0 Å². The molecule has 7 heteroatoms. The summed E-state index contributed by atoms with van der Waals surface area (Å²) in [5.74, 6) is 0.616. The summed E-state index contributed by atoms with van der Waals surface area (Å²) >= 11 is 0. The fourth-order valence-electron chi connectivity index (χ4n) is 4.83. The number of rotatable bonds is 3. The number of fused-ring (bicyclic) bond motifs is 3. The molecule has 2 saturated heterocycles. The lowest BCUT2D eigenvalue weighted by Crippen LogP contribution is -2.64. The van der Waals surface area contributed by atoms with Crippen molar-refractivity contribution in [2.75, 3.05) is 25.0 Å². The Labute approximate surface area is 182 Å². The van der Waals surface area contributed by atoms with Gasteiger partial charge in [0, 0.05) is 25.8 Å². The zero-order chi connectivity index (χ0) is 21.9. The van der Waals surface area contributed by atoms with Gasteiger partial charge in [0.05, 0.1) is 6.54 Å². The molecule has 0 aromatic heterocycles. The third-order valence-corrected chi connectivity index (χ3v) is 6.67. The molecule has 0 radical (unpaired) electrons. The summed E-state index contributed by atoms with van der Waals surface area (Å²) in [6, 6.07) is 13.4. The SMILES string of the molecule is Cc1cccc(CN2C(=O)C3C(N=C4N(c5cccc(C)c5C)CCN43)N(C)C2=O)c1. The second-order valence-corrected chi connectivity index (χ2v) is 8.66. The fourth-order valence-corrected chi connectivity index (χ4v) is 4.83. The van der Waals surface area contributed by atoms with Gasteiger partial charge in [0.2, 0.25) is 5.96 Å². The highest BCUT2D eigenvalue weighted by Crippen LogP contribution is 2.35. The predicted octanol–water partition coefficient (Wildman–Crippen LogP) is 2.89. The van der Waals surface area contributed by atoms with Crippen LogP contribution in [0.2, 0.25) is 0 Å². The van der Waals surface area contributed by atoms with Gasteiger partial charge in [-0.25, -0.2) is 9.79 Å². The number of likely N-dealkylation sites (N-methyl/N-ethyl adjacent to an activating group) is 1. The number of nitrogens with zero attached hydrogens (tertiary/aromatic N) is 5. The first-order chi connectivity index (χ1) is 14.9. The topological polar surface area (TPSA) is 59.5 Å². The van der Waals surface area contributed by atoms with Gasteiger partial charge in [0.15, 0.2) is 12.2 Å². The van der Waals surface area contributed by atoms with Crippen LogP contribution in [-0.2, 0) is 11.3 Å². The number of anilines is 1. The Morgan fingerprint density at radius 2 is 1.81 bits per heavy atom. The molecule has 2 aromatic rings. The molecule has 3 amide bonds. The van der Waals surface area contributed by atoms with E-state index in [9.17, 15) is 9.59 Å². The second-order valence-electron chi connectivity index (χ2n) is 8.66. The molecule has 3 aliphatic rings. The lowest BCUT2D eigenvalue weighted by atomic mass is 10.1. The molecule has 31 heavy (non-hydrogen) atoms. The number of urea groups is 1. The molecular weight excluding hydrogens is 390 g/mol. The normalized spacial score (nSPS) is 22.8. The standard InChI is InChI=1S/C24H27N5O2/c1-15-7-5-9-18(13-15)14-29-22(30)20-21(26(4)24(29)31)25-23-27(11-12-28(20)23)19-10-6-8-16(2)17(19)3/h5-10,13,20-21H,11-12,14H2,1-4H3. The maximum atomic E-state index is 13.5. The highest BCUT2D eigenvalue weighted by molar-refractivity contribution is 6.08. The van der Waals surface area contributed by atoms with Crippen molar-refractivity contribution < 1.29 is 9.59 Å². The Balaban J connectivity index is 1.46. The zero-order valence-corrected chi connectivity index (χ0v) is 18.4. The van der Waals surface area contributed by atoms with Crippen LogP contribution in [0.15, 0.2) is 47.5 Å². The van der Waals surface area contributed by atoms with E-state index in [4.69, 9.17) is 4.99 Å². The summed E-state index contributed by atoms with van der Waals surface area (Å²) in [6.07, 6.45) is -0.489. The molecule has 5 rings (SSSR count). The second kappa shape index (κ2) is 7.11. The van der Waals surface area contributed by atoms with E-state index in [0.29, 0.717) is 6.54 Å². The molecular formula is C24H27N5O2. The molecule has 0 N–H and O–H groups in total. The number of carbonyl (C=O) groups excluding carboxylic acids is 2. The Kier molecular flexibility index (Phi) is 4.50. The van der Waals surface area contributed by atoms with Crippen LogP contribution in [0.4, 0.5) is 10.5 Å². The van der Waals surface area contributed by atoms with E-state index in [1.54, 1.807) is 11.9 Å². The van der Waals surface area contributed by atoms with Crippen LogP contribution in [0.3, 0.4) is 0 Å². The van der Waals surface area contributed by atoms with Crippen LogP contribution in [0.1, 0.15) is 22.3 Å². The van der Waals surface area contributed by atoms with Crippen molar-refractivity contribution in [1.82, 2.24) is 14.7 Å². The van der Waals surface area contributed by atoms with Gasteiger partial charge in [0.1, 0.15) is 0 Å². The van der Waals surface area contributed by atoms with Crippen molar-refractivity contribution in [2.24, 2.45) is 4.99 Å². The molecule has 2 fully saturated rings. The molecule has 0 spiro atoms. The third-order valence-electron chi connectivity index (χ3n) is 6.67. The highest BCUT2D eigenvalue weighted by atomic mass is 16.2. The first kappa shape index (κ1) is 19.6. The Morgan fingerprint density at radius 3 is 2.58 bits per heavy atom. The first-order valence-corrected chi connectivity index (χ1v) is 10.7. The van der Waals surface area contributed by atoms with Crippen molar-refractivity contribution >= 4 is 23.6 Å². The molecule has 2 unspecified atom stereocenters. The van der Waals surface area contributed by atoms with Gasteiger partial charge in [-0.3, -0.25) is 9.69 Å². The van der Waals surface area contributed by atoms with Gasteiger partial charge in [-0.1, -0.05) is 42.0 Å². The van der Waals surface area contributed by atoms with Gasteiger partial charge in [-0.2, -0.15) is 0 Å². The quantitative estimate of drug-likeness (QED) is 0.771. The van der Waals surface area contributed by atoms with Crippen molar-refractivity contribution in [3.8, 4) is 0 Å². The van der Waals surface area contributed by atoms with E-state index < -0.39 is 12.2 Å². The molecule has 3 aliphatic heterocycles. The number of imide groups is 1. The number of hydrogen-bond donors (Lipinski definition) is 0. The molecule has 2 atom stereocenters. The Hall–Kier alpha value is -3.35. The van der Waals surface area contributed by atoms with E-state index in [1.165, 1.54) is 16.0 Å². The summed E-state index contributed by atoms with van der Waals surface area (Å²) in [6.45, 7) is 7.97. The van der Waals surface area contributed by atoms with Gasteiger partial charge in [-0.05, 0) is 43.5 Å². The predicted molar refractivity (Wildman–Crippen MR) is 120 cm³/mol. The first-order valence-electron chi connectivity index (χ1n) is 10.7. The number of guanidine groups is 1. The van der Waals surface area contributed by atoms with E-state index in [0.717, 1.165) is 29.3 Å². The average Bonchev–Trinajstić information content (AvgIpc) is 3.31. The van der Waals surface area contributed by atoms with Crippen LogP contribution in [0, 0.1) is 20.8 Å². The number of amides is 3. The Morgan fingerprint density at radius 1 is 1.03 bits per heavy atom. The fraction of sp³-hybridized carbons (Fsp3) is 0.375. The largest absolute Gasteiger partial charge is 0.328 e. The lowest BCUT2D eigenvalue weighted by Gasteiger charge is -2.40. The zero-order valence-electron chi connectivity index (χ0n) is 18.4. The summed E-state index contributed by atoms with van der Waals surface area (Å²) < 4.78 is 0. The maximum Gasteiger partial charge on any atom is 0.328 e. The minimum atomic E-state index is -0.489. The van der Waals surface area contributed by atoms with Crippen LogP contribution in [0.25, 0.3) is 0 Å². The monoisotopic (exact) mass is 417 g/mol. The number of hydrogen-bond acceptors (Lipinski definition) is 5. The van der Waals surface area contributed by atoms with E-state index in [-0.39, 0.29) is 18.5 Å². The van der Waals surface area contributed by atoms with Gasteiger partial charge >= 0.3 is 6.03 Å². The molecule has 7 nitrogen and oxygen atoms in total. The number of aryl methyl sites for hydroxylation is 2.